The molecule has 1 unspecified atom stereocenters. The van der Waals surface area contributed by atoms with Crippen LogP contribution in [0.25, 0.3) is 0 Å². The van der Waals surface area contributed by atoms with Crippen molar-refractivity contribution >= 4 is 23.2 Å². The molecular formula is C26H24ClN3O. The molecule has 3 aromatic rings. The van der Waals surface area contributed by atoms with Gasteiger partial charge in [0.2, 0.25) is 5.91 Å². The summed E-state index contributed by atoms with van der Waals surface area (Å²) in [5, 5.41) is 9.72. The molecule has 1 amide bonds. The number of benzene rings is 3. The Morgan fingerprint density at radius 3 is 2.35 bits per heavy atom. The van der Waals surface area contributed by atoms with Crippen molar-refractivity contribution in [3.05, 3.63) is 101 Å². The lowest BCUT2D eigenvalue weighted by atomic mass is 9.97. The zero-order valence-corrected chi connectivity index (χ0v) is 18.2. The predicted octanol–water partition coefficient (Wildman–Crippen LogP) is 5.41. The molecule has 0 aliphatic carbocycles. The van der Waals surface area contributed by atoms with E-state index in [0.29, 0.717) is 30.2 Å². The molecule has 3 aromatic carbocycles. The third-order valence-electron chi connectivity index (χ3n) is 5.93. The monoisotopic (exact) mass is 429 g/mol. The highest BCUT2D eigenvalue weighted by Gasteiger charge is 2.33. The molecular weight excluding hydrogens is 406 g/mol. The van der Waals surface area contributed by atoms with Gasteiger partial charge < -0.3 is 9.80 Å². The van der Waals surface area contributed by atoms with Gasteiger partial charge in [-0.2, -0.15) is 5.26 Å². The Morgan fingerprint density at radius 1 is 1.03 bits per heavy atom. The second-order valence-electron chi connectivity index (χ2n) is 7.81. The molecule has 31 heavy (non-hydrogen) atoms. The van der Waals surface area contributed by atoms with Gasteiger partial charge in [-0.3, -0.25) is 4.79 Å². The van der Waals surface area contributed by atoms with Gasteiger partial charge >= 0.3 is 0 Å². The highest BCUT2D eigenvalue weighted by molar-refractivity contribution is 6.33. The number of carbonyl (C=O) groups excluding carboxylic acids is 1. The molecule has 1 heterocycles. The molecule has 2 atom stereocenters. The summed E-state index contributed by atoms with van der Waals surface area (Å²) in [6.07, 6.45) is 0. The lowest BCUT2D eigenvalue weighted by Gasteiger charge is -2.44. The Morgan fingerprint density at radius 2 is 1.71 bits per heavy atom. The molecule has 0 saturated carbocycles. The first-order chi connectivity index (χ1) is 15.1. The summed E-state index contributed by atoms with van der Waals surface area (Å²) in [4.78, 5) is 17.5. The molecule has 0 radical (unpaired) electrons. The van der Waals surface area contributed by atoms with Crippen LogP contribution in [-0.4, -0.2) is 30.4 Å². The predicted molar refractivity (Wildman–Crippen MR) is 124 cm³/mol. The van der Waals surface area contributed by atoms with Gasteiger partial charge in [0.25, 0.3) is 0 Å². The van der Waals surface area contributed by atoms with Crippen LogP contribution < -0.4 is 4.90 Å². The molecule has 1 aliphatic heterocycles. The lowest BCUT2D eigenvalue weighted by Crippen LogP contribution is -2.51. The molecule has 4 nitrogen and oxygen atoms in total. The number of carbonyl (C=O) groups is 1. The first kappa shape index (κ1) is 21.0. The summed E-state index contributed by atoms with van der Waals surface area (Å²) in [5.41, 5.74) is 3.59. The lowest BCUT2D eigenvalue weighted by molar-refractivity contribution is -0.133. The topological polar surface area (TPSA) is 47.3 Å². The van der Waals surface area contributed by atoms with E-state index < -0.39 is 0 Å². The normalized spacial score (nSPS) is 17.1. The van der Waals surface area contributed by atoms with Crippen molar-refractivity contribution in [2.24, 2.45) is 0 Å². The minimum absolute atomic E-state index is 0.0210. The van der Waals surface area contributed by atoms with Crippen LogP contribution in [0.1, 0.15) is 35.6 Å². The minimum atomic E-state index is -0.192. The average Bonchev–Trinajstić information content (AvgIpc) is 2.84. The summed E-state index contributed by atoms with van der Waals surface area (Å²) in [6.45, 7) is 3.84. The van der Waals surface area contributed by atoms with Gasteiger partial charge in [0, 0.05) is 19.6 Å². The molecule has 156 valence electrons. The van der Waals surface area contributed by atoms with Crippen LogP contribution in [0.5, 0.6) is 0 Å². The summed E-state index contributed by atoms with van der Waals surface area (Å²) < 4.78 is 0. The fourth-order valence-electron chi connectivity index (χ4n) is 4.20. The fourth-order valence-corrected chi connectivity index (χ4v) is 4.49. The van der Waals surface area contributed by atoms with Crippen molar-refractivity contribution in [2.75, 3.05) is 24.5 Å². The van der Waals surface area contributed by atoms with E-state index in [0.717, 1.165) is 16.8 Å². The number of nitrogens with zero attached hydrogens (tertiary/aromatic N) is 3. The van der Waals surface area contributed by atoms with Crippen molar-refractivity contribution in [1.29, 1.82) is 5.26 Å². The Labute approximate surface area is 188 Å². The van der Waals surface area contributed by atoms with Crippen LogP contribution in [0.3, 0.4) is 0 Å². The Hall–Kier alpha value is -3.29. The van der Waals surface area contributed by atoms with E-state index in [2.05, 4.69) is 23.1 Å². The first-order valence-electron chi connectivity index (χ1n) is 10.4. The molecule has 0 bridgehead atoms. The standard InChI is InChI=1S/C26H24ClN3O/c1-19(21-8-4-2-5-9-21)26(31)29-14-15-30(24-13-12-20(17-28)16-23(24)27)25(18-29)22-10-6-3-7-11-22/h2-13,16,19,25H,14-15,18H2,1H3/t19?,25-/m0/s1. The van der Waals surface area contributed by atoms with Crippen LogP contribution in [-0.2, 0) is 4.79 Å². The van der Waals surface area contributed by atoms with Crippen LogP contribution in [0.4, 0.5) is 5.69 Å². The van der Waals surface area contributed by atoms with Gasteiger partial charge in [-0.05, 0) is 36.2 Å². The summed E-state index contributed by atoms with van der Waals surface area (Å²) in [6, 6.07) is 27.6. The molecule has 5 heteroatoms. The van der Waals surface area contributed by atoms with E-state index in [1.807, 2.05) is 66.4 Å². The van der Waals surface area contributed by atoms with E-state index in [-0.39, 0.29) is 17.9 Å². The molecule has 1 aliphatic rings. The highest BCUT2D eigenvalue weighted by atomic mass is 35.5. The van der Waals surface area contributed by atoms with Gasteiger partial charge in [0.05, 0.1) is 34.3 Å². The Bertz CT molecular complexity index is 1090. The van der Waals surface area contributed by atoms with Crippen molar-refractivity contribution in [2.45, 2.75) is 18.9 Å². The van der Waals surface area contributed by atoms with Gasteiger partial charge in [-0.1, -0.05) is 72.3 Å². The molecule has 4 rings (SSSR count). The number of piperazine rings is 1. The minimum Gasteiger partial charge on any atom is -0.360 e. The number of rotatable bonds is 4. The number of amides is 1. The zero-order chi connectivity index (χ0) is 21.8. The van der Waals surface area contributed by atoms with Gasteiger partial charge in [0.1, 0.15) is 0 Å². The SMILES string of the molecule is CC(C(=O)N1CCN(c2ccc(C#N)cc2Cl)[C@H](c2ccccc2)C1)c1ccccc1. The van der Waals surface area contributed by atoms with Gasteiger partial charge in [0.15, 0.2) is 0 Å². The Kier molecular flexibility index (Phi) is 6.25. The molecule has 0 aromatic heterocycles. The summed E-state index contributed by atoms with van der Waals surface area (Å²) >= 11 is 6.55. The molecule has 0 spiro atoms. The zero-order valence-electron chi connectivity index (χ0n) is 17.4. The maximum absolute atomic E-state index is 13.3. The Balaban J connectivity index is 1.63. The van der Waals surface area contributed by atoms with Crippen LogP contribution in [0, 0.1) is 11.3 Å². The van der Waals surface area contributed by atoms with E-state index in [4.69, 9.17) is 16.9 Å². The third-order valence-corrected chi connectivity index (χ3v) is 6.24. The van der Waals surface area contributed by atoms with Crippen molar-refractivity contribution in [3.63, 3.8) is 0 Å². The second kappa shape index (κ2) is 9.24. The van der Waals surface area contributed by atoms with Crippen molar-refractivity contribution in [3.8, 4) is 6.07 Å². The molecule has 1 saturated heterocycles. The summed E-state index contributed by atoms with van der Waals surface area (Å²) in [5.74, 6) is -0.0552. The maximum atomic E-state index is 13.3. The van der Waals surface area contributed by atoms with E-state index in [1.165, 1.54) is 0 Å². The fraction of sp³-hybridized carbons (Fsp3) is 0.231. The number of halogens is 1. The smallest absolute Gasteiger partial charge is 0.229 e. The largest absolute Gasteiger partial charge is 0.360 e. The van der Waals surface area contributed by atoms with E-state index in [9.17, 15) is 4.79 Å². The van der Waals surface area contributed by atoms with E-state index in [1.54, 1.807) is 12.1 Å². The van der Waals surface area contributed by atoms with Crippen molar-refractivity contribution in [1.82, 2.24) is 4.90 Å². The van der Waals surface area contributed by atoms with Crippen LogP contribution >= 0.6 is 11.6 Å². The summed E-state index contributed by atoms with van der Waals surface area (Å²) in [7, 11) is 0. The number of hydrogen-bond donors (Lipinski definition) is 0. The quantitative estimate of drug-likeness (QED) is 0.557. The van der Waals surface area contributed by atoms with Gasteiger partial charge in [-0.15, -0.1) is 0 Å². The number of hydrogen-bond acceptors (Lipinski definition) is 3. The average molecular weight is 430 g/mol. The van der Waals surface area contributed by atoms with Crippen LogP contribution in [0.15, 0.2) is 78.9 Å². The molecule has 0 N–H and O–H groups in total. The van der Waals surface area contributed by atoms with Crippen molar-refractivity contribution < 1.29 is 4.79 Å². The highest BCUT2D eigenvalue weighted by Crippen LogP contribution is 2.36. The number of anilines is 1. The first-order valence-corrected chi connectivity index (χ1v) is 10.8. The van der Waals surface area contributed by atoms with E-state index >= 15 is 0 Å². The van der Waals surface area contributed by atoms with Gasteiger partial charge in [-0.25, -0.2) is 0 Å². The second-order valence-corrected chi connectivity index (χ2v) is 8.22. The maximum Gasteiger partial charge on any atom is 0.229 e. The number of nitriles is 1. The third kappa shape index (κ3) is 4.42. The van der Waals surface area contributed by atoms with Crippen LogP contribution in [0.2, 0.25) is 5.02 Å². The molecule has 1 fully saturated rings.